The Morgan fingerprint density at radius 3 is 2.50 bits per heavy atom. The van der Waals surface area contributed by atoms with E-state index in [1.165, 1.54) is 5.32 Å². The van der Waals surface area contributed by atoms with Crippen molar-refractivity contribution in [2.24, 2.45) is 0 Å². The van der Waals surface area contributed by atoms with Gasteiger partial charge in [-0.1, -0.05) is 30.3 Å². The molecule has 0 aliphatic rings. The molecule has 0 heterocycles. The number of carbonyl (C=O) groups is 2. The molecule has 0 saturated heterocycles. The van der Waals surface area contributed by atoms with E-state index in [1.54, 1.807) is 6.92 Å². The molecule has 0 radical (unpaired) electrons. The van der Waals surface area contributed by atoms with E-state index in [0.717, 1.165) is 5.56 Å². The second-order valence-corrected chi connectivity index (χ2v) is 4.51. The molecular formula is C15H19F2NO4. The molecule has 122 valence electrons. The fourth-order valence-corrected chi connectivity index (χ4v) is 1.65. The van der Waals surface area contributed by atoms with Gasteiger partial charge in [0.05, 0.1) is 19.6 Å². The lowest BCUT2D eigenvalue weighted by atomic mass is 10.2. The van der Waals surface area contributed by atoms with Crippen LogP contribution < -0.4 is 5.32 Å². The van der Waals surface area contributed by atoms with Crippen molar-refractivity contribution in [3.63, 3.8) is 0 Å². The fraction of sp³-hybridized carbons (Fsp3) is 0.467. The SMILES string of the molecule is CCOC(=O)CCC(F)(F)NC(=O)OCCc1ccccc1. The Bertz CT molecular complexity index is 480. The minimum atomic E-state index is -3.52. The minimum Gasteiger partial charge on any atom is -0.466 e. The van der Waals surface area contributed by atoms with E-state index < -0.39 is 31.0 Å². The average Bonchev–Trinajstić information content (AvgIpc) is 2.46. The molecule has 1 rings (SSSR count). The molecular weight excluding hydrogens is 296 g/mol. The number of rotatable bonds is 8. The van der Waals surface area contributed by atoms with Crippen molar-refractivity contribution in [3.8, 4) is 0 Å². The molecule has 7 heteroatoms. The lowest BCUT2D eigenvalue weighted by Gasteiger charge is -2.17. The third kappa shape index (κ3) is 7.56. The summed E-state index contributed by atoms with van der Waals surface area (Å²) < 4.78 is 36.0. The van der Waals surface area contributed by atoms with Crippen LogP contribution in [-0.2, 0) is 20.7 Å². The zero-order valence-corrected chi connectivity index (χ0v) is 12.3. The standard InChI is InChI=1S/C15H19F2NO4/c1-2-21-13(19)8-10-15(16,17)18-14(20)22-11-9-12-6-4-3-5-7-12/h3-7H,2,8-11H2,1H3,(H,18,20). The van der Waals surface area contributed by atoms with Crippen LogP contribution in [-0.4, -0.2) is 31.3 Å². The molecule has 0 aromatic heterocycles. The Morgan fingerprint density at radius 1 is 1.18 bits per heavy atom. The van der Waals surface area contributed by atoms with Crippen LogP contribution in [0, 0.1) is 0 Å². The van der Waals surface area contributed by atoms with Gasteiger partial charge in [-0.2, -0.15) is 8.78 Å². The van der Waals surface area contributed by atoms with Crippen LogP contribution in [0.15, 0.2) is 30.3 Å². The molecule has 1 aromatic carbocycles. The van der Waals surface area contributed by atoms with Crippen LogP contribution in [0.5, 0.6) is 0 Å². The highest BCUT2D eigenvalue weighted by Crippen LogP contribution is 2.17. The van der Waals surface area contributed by atoms with Crippen molar-refractivity contribution < 1.29 is 27.8 Å². The number of alkyl halides is 2. The first-order valence-corrected chi connectivity index (χ1v) is 6.95. The van der Waals surface area contributed by atoms with Crippen molar-refractivity contribution in [3.05, 3.63) is 35.9 Å². The van der Waals surface area contributed by atoms with Gasteiger partial charge in [0.2, 0.25) is 0 Å². The third-order valence-electron chi connectivity index (χ3n) is 2.70. The predicted molar refractivity (Wildman–Crippen MR) is 75.4 cm³/mol. The van der Waals surface area contributed by atoms with E-state index in [4.69, 9.17) is 0 Å². The third-order valence-corrected chi connectivity index (χ3v) is 2.70. The van der Waals surface area contributed by atoms with Gasteiger partial charge in [-0.05, 0) is 12.5 Å². The number of halogens is 2. The number of esters is 1. The highest BCUT2D eigenvalue weighted by atomic mass is 19.3. The summed E-state index contributed by atoms with van der Waals surface area (Å²) in [4.78, 5) is 22.3. The second-order valence-electron chi connectivity index (χ2n) is 4.51. The lowest BCUT2D eigenvalue weighted by Crippen LogP contribution is -2.42. The summed E-state index contributed by atoms with van der Waals surface area (Å²) in [5.74, 6) is -0.735. The molecule has 0 aliphatic heterocycles. The average molecular weight is 315 g/mol. The van der Waals surface area contributed by atoms with Gasteiger partial charge in [-0.15, -0.1) is 0 Å². The molecule has 0 saturated carbocycles. The van der Waals surface area contributed by atoms with Crippen molar-refractivity contribution in [1.29, 1.82) is 0 Å². The summed E-state index contributed by atoms with van der Waals surface area (Å²) in [6, 6.07) is 5.68. The Hall–Kier alpha value is -2.18. The van der Waals surface area contributed by atoms with Crippen LogP contribution in [0.4, 0.5) is 13.6 Å². The molecule has 1 N–H and O–H groups in total. The number of hydrogen-bond donors (Lipinski definition) is 1. The number of carbonyl (C=O) groups excluding carboxylic acids is 2. The number of benzene rings is 1. The van der Waals surface area contributed by atoms with E-state index >= 15 is 0 Å². The van der Waals surface area contributed by atoms with Gasteiger partial charge >= 0.3 is 18.1 Å². The fourth-order valence-electron chi connectivity index (χ4n) is 1.65. The molecule has 22 heavy (non-hydrogen) atoms. The first kappa shape index (κ1) is 17.9. The van der Waals surface area contributed by atoms with Gasteiger partial charge in [0.25, 0.3) is 0 Å². The number of amides is 1. The number of hydrogen-bond acceptors (Lipinski definition) is 4. The van der Waals surface area contributed by atoms with E-state index in [0.29, 0.717) is 6.42 Å². The maximum atomic E-state index is 13.4. The lowest BCUT2D eigenvalue weighted by molar-refractivity contribution is -0.145. The first-order valence-electron chi connectivity index (χ1n) is 6.95. The summed E-state index contributed by atoms with van der Waals surface area (Å²) in [7, 11) is 0. The molecule has 0 aliphatic carbocycles. The Labute approximate surface area is 127 Å². The van der Waals surface area contributed by atoms with Crippen LogP contribution >= 0.6 is 0 Å². The zero-order valence-electron chi connectivity index (χ0n) is 12.3. The minimum absolute atomic E-state index is 0.0101. The van der Waals surface area contributed by atoms with E-state index in [9.17, 15) is 18.4 Å². The first-order chi connectivity index (χ1) is 10.4. The number of nitrogens with one attached hydrogen (secondary N) is 1. The molecule has 1 amide bonds. The zero-order chi connectivity index (χ0) is 16.4. The van der Waals surface area contributed by atoms with Crippen LogP contribution in [0.2, 0.25) is 0 Å². The van der Waals surface area contributed by atoms with Gasteiger partial charge in [0.1, 0.15) is 0 Å². The Kier molecular flexibility index (Phi) is 7.28. The topological polar surface area (TPSA) is 64.6 Å². The Balaban J connectivity index is 2.26. The molecule has 0 spiro atoms. The highest BCUT2D eigenvalue weighted by Gasteiger charge is 2.32. The van der Waals surface area contributed by atoms with E-state index in [-0.39, 0.29) is 13.2 Å². The molecule has 0 atom stereocenters. The van der Waals surface area contributed by atoms with Crippen molar-refractivity contribution >= 4 is 12.1 Å². The van der Waals surface area contributed by atoms with Crippen molar-refractivity contribution in [2.75, 3.05) is 13.2 Å². The molecule has 0 unspecified atom stereocenters. The van der Waals surface area contributed by atoms with E-state index in [1.807, 2.05) is 30.3 Å². The molecule has 0 fully saturated rings. The summed E-state index contributed by atoms with van der Waals surface area (Å²) in [6.07, 6.45) is -2.10. The molecule has 1 aromatic rings. The predicted octanol–water partition coefficient (Wildman–Crippen LogP) is 2.89. The number of alkyl carbamates (subject to hydrolysis) is 1. The second kappa shape index (κ2) is 8.96. The van der Waals surface area contributed by atoms with Gasteiger partial charge in [-0.3, -0.25) is 10.1 Å². The van der Waals surface area contributed by atoms with Gasteiger partial charge < -0.3 is 9.47 Å². The summed E-state index contributed by atoms with van der Waals surface area (Å²) >= 11 is 0. The van der Waals surface area contributed by atoms with E-state index in [2.05, 4.69) is 9.47 Å². The highest BCUT2D eigenvalue weighted by molar-refractivity contribution is 5.70. The monoisotopic (exact) mass is 315 g/mol. The van der Waals surface area contributed by atoms with Crippen LogP contribution in [0.1, 0.15) is 25.3 Å². The van der Waals surface area contributed by atoms with Gasteiger partial charge in [0.15, 0.2) is 0 Å². The molecule has 0 bridgehead atoms. The summed E-state index contributed by atoms with van der Waals surface area (Å²) in [6.45, 7) is 1.70. The smallest absolute Gasteiger partial charge is 0.411 e. The largest absolute Gasteiger partial charge is 0.466 e. The van der Waals surface area contributed by atoms with Crippen LogP contribution in [0.25, 0.3) is 0 Å². The number of ether oxygens (including phenoxy) is 2. The summed E-state index contributed by atoms with van der Waals surface area (Å²) in [5.41, 5.74) is 0.935. The van der Waals surface area contributed by atoms with Gasteiger partial charge in [0, 0.05) is 12.8 Å². The maximum absolute atomic E-state index is 13.4. The quantitative estimate of drug-likeness (QED) is 0.592. The van der Waals surface area contributed by atoms with Crippen LogP contribution in [0.3, 0.4) is 0 Å². The summed E-state index contributed by atoms with van der Waals surface area (Å²) in [5, 5.41) is 1.44. The normalized spacial score (nSPS) is 10.9. The van der Waals surface area contributed by atoms with Crippen molar-refractivity contribution in [2.45, 2.75) is 32.2 Å². The van der Waals surface area contributed by atoms with Gasteiger partial charge in [-0.25, -0.2) is 4.79 Å². The Morgan fingerprint density at radius 2 is 1.86 bits per heavy atom. The van der Waals surface area contributed by atoms with Crippen molar-refractivity contribution in [1.82, 2.24) is 5.32 Å². The molecule has 5 nitrogen and oxygen atoms in total. The maximum Gasteiger partial charge on any atom is 0.411 e.